The second-order valence-corrected chi connectivity index (χ2v) is 6.55. The molecule has 3 rings (SSSR count). The minimum atomic E-state index is -0.256. The van der Waals surface area contributed by atoms with Crippen molar-refractivity contribution in [3.63, 3.8) is 0 Å². The number of thiophene rings is 1. The summed E-state index contributed by atoms with van der Waals surface area (Å²) < 4.78 is 5.19. The predicted molar refractivity (Wildman–Crippen MR) is 93.4 cm³/mol. The number of methoxy groups -OCH3 is 1. The van der Waals surface area contributed by atoms with Crippen molar-refractivity contribution in [3.8, 4) is 5.75 Å². The molecule has 1 fully saturated rings. The summed E-state index contributed by atoms with van der Waals surface area (Å²) in [5, 5.41) is 7.64. The Hall–Kier alpha value is -2.54. The van der Waals surface area contributed by atoms with E-state index < -0.39 is 0 Å². The third-order valence-electron chi connectivity index (χ3n) is 3.83. The van der Waals surface area contributed by atoms with E-state index in [1.54, 1.807) is 23.3 Å². The molecule has 0 aliphatic carbocycles. The molecule has 1 aromatic carbocycles. The molecule has 1 unspecified atom stereocenters. The smallest absolute Gasteiger partial charge is 0.315 e. The summed E-state index contributed by atoms with van der Waals surface area (Å²) in [5.41, 5.74) is 0.780. The Kier molecular flexibility index (Phi) is 5.00. The van der Waals surface area contributed by atoms with Gasteiger partial charge in [-0.1, -0.05) is 12.1 Å². The quantitative estimate of drug-likeness (QED) is 0.874. The fraction of sp³-hybridized carbons (Fsp3) is 0.294. The summed E-state index contributed by atoms with van der Waals surface area (Å²) in [5.74, 6) is 0.692. The van der Waals surface area contributed by atoms with Crippen LogP contribution in [-0.4, -0.2) is 31.6 Å². The van der Waals surface area contributed by atoms with Crippen molar-refractivity contribution < 1.29 is 14.3 Å². The first kappa shape index (κ1) is 16.3. The Morgan fingerprint density at radius 2 is 2.25 bits per heavy atom. The molecule has 24 heavy (non-hydrogen) atoms. The summed E-state index contributed by atoms with van der Waals surface area (Å²) in [6.45, 7) is 0.947. The van der Waals surface area contributed by atoms with E-state index in [-0.39, 0.29) is 18.0 Å². The highest BCUT2D eigenvalue weighted by Gasteiger charge is 2.31. The molecule has 0 bridgehead atoms. The number of hydrogen-bond donors (Lipinski definition) is 2. The number of ether oxygens (including phenoxy) is 1. The molecule has 2 heterocycles. The summed E-state index contributed by atoms with van der Waals surface area (Å²) >= 11 is 1.59. The molecule has 6 nitrogen and oxygen atoms in total. The number of benzene rings is 1. The molecular formula is C17H19N3O3S. The van der Waals surface area contributed by atoms with Crippen LogP contribution in [0.4, 0.5) is 10.5 Å². The standard InChI is InChI=1S/C17H19N3O3S/c1-23-14-5-2-4-13(9-14)20-11-12(8-16(20)21)19-17(22)18-10-15-6-3-7-24-15/h2-7,9,12H,8,10-11H2,1H3,(H2,18,19,22). The SMILES string of the molecule is COc1cccc(N2CC(NC(=O)NCc3cccs3)CC2=O)c1. The van der Waals surface area contributed by atoms with Crippen molar-refractivity contribution >= 4 is 29.0 Å². The molecule has 1 aliphatic heterocycles. The Bertz CT molecular complexity index is 718. The van der Waals surface area contributed by atoms with Crippen LogP contribution in [0.2, 0.25) is 0 Å². The van der Waals surface area contributed by atoms with Gasteiger partial charge in [0.1, 0.15) is 5.75 Å². The van der Waals surface area contributed by atoms with Crippen LogP contribution in [0.15, 0.2) is 41.8 Å². The molecule has 1 saturated heterocycles. The minimum Gasteiger partial charge on any atom is -0.497 e. The lowest BCUT2D eigenvalue weighted by Crippen LogP contribution is -2.43. The van der Waals surface area contributed by atoms with Crippen molar-refractivity contribution in [2.24, 2.45) is 0 Å². The minimum absolute atomic E-state index is 0.00758. The van der Waals surface area contributed by atoms with Gasteiger partial charge in [0, 0.05) is 29.6 Å². The van der Waals surface area contributed by atoms with Crippen molar-refractivity contribution in [1.29, 1.82) is 0 Å². The van der Waals surface area contributed by atoms with E-state index in [0.29, 0.717) is 25.3 Å². The molecule has 7 heteroatoms. The normalized spacial score (nSPS) is 17.0. The summed E-state index contributed by atoms with van der Waals surface area (Å²) in [7, 11) is 1.59. The number of carbonyl (C=O) groups excluding carboxylic acids is 2. The monoisotopic (exact) mass is 345 g/mol. The number of rotatable bonds is 5. The summed E-state index contributed by atoms with van der Waals surface area (Å²) in [6, 6.07) is 10.8. The van der Waals surface area contributed by atoms with Gasteiger partial charge in [0.15, 0.2) is 0 Å². The molecule has 2 aromatic rings. The molecule has 3 amide bonds. The van der Waals surface area contributed by atoms with Crippen LogP contribution in [-0.2, 0) is 11.3 Å². The maximum Gasteiger partial charge on any atom is 0.315 e. The van der Waals surface area contributed by atoms with E-state index in [4.69, 9.17) is 4.74 Å². The van der Waals surface area contributed by atoms with Crippen LogP contribution in [0, 0.1) is 0 Å². The van der Waals surface area contributed by atoms with Crippen LogP contribution in [0.3, 0.4) is 0 Å². The highest BCUT2D eigenvalue weighted by Crippen LogP contribution is 2.25. The van der Waals surface area contributed by atoms with Gasteiger partial charge in [-0.3, -0.25) is 4.79 Å². The number of nitrogens with one attached hydrogen (secondary N) is 2. The van der Waals surface area contributed by atoms with Crippen molar-refractivity contribution in [1.82, 2.24) is 10.6 Å². The van der Waals surface area contributed by atoms with Crippen LogP contribution >= 0.6 is 11.3 Å². The number of amides is 3. The summed E-state index contributed by atoms with van der Waals surface area (Å²) in [6.07, 6.45) is 0.295. The van der Waals surface area contributed by atoms with Gasteiger partial charge in [-0.15, -0.1) is 11.3 Å². The first-order chi connectivity index (χ1) is 11.7. The second kappa shape index (κ2) is 7.35. The van der Waals surface area contributed by atoms with Crippen molar-refractivity contribution in [3.05, 3.63) is 46.7 Å². The van der Waals surface area contributed by atoms with Crippen LogP contribution < -0.4 is 20.3 Å². The van der Waals surface area contributed by atoms with E-state index >= 15 is 0 Å². The average molecular weight is 345 g/mol. The Morgan fingerprint density at radius 1 is 1.38 bits per heavy atom. The number of hydrogen-bond acceptors (Lipinski definition) is 4. The Labute approximate surface area is 144 Å². The van der Waals surface area contributed by atoms with Gasteiger partial charge < -0.3 is 20.3 Å². The molecule has 126 valence electrons. The molecule has 1 atom stereocenters. The van der Waals surface area contributed by atoms with E-state index in [9.17, 15) is 9.59 Å². The highest BCUT2D eigenvalue weighted by molar-refractivity contribution is 7.09. The van der Waals surface area contributed by atoms with Gasteiger partial charge in [0.05, 0.1) is 19.7 Å². The van der Waals surface area contributed by atoms with Gasteiger partial charge in [0.2, 0.25) is 5.91 Å². The molecule has 0 saturated carbocycles. The van der Waals surface area contributed by atoms with E-state index in [1.807, 2.05) is 41.8 Å². The topological polar surface area (TPSA) is 70.7 Å². The number of nitrogens with zero attached hydrogens (tertiary/aromatic N) is 1. The fourth-order valence-electron chi connectivity index (χ4n) is 2.65. The average Bonchev–Trinajstić information content (AvgIpc) is 3.22. The third kappa shape index (κ3) is 3.86. The van der Waals surface area contributed by atoms with Gasteiger partial charge >= 0.3 is 6.03 Å². The van der Waals surface area contributed by atoms with E-state index in [1.165, 1.54) is 0 Å². The van der Waals surface area contributed by atoms with Gasteiger partial charge in [-0.05, 0) is 23.6 Å². The summed E-state index contributed by atoms with van der Waals surface area (Å²) in [4.78, 5) is 27.0. The first-order valence-electron chi connectivity index (χ1n) is 7.67. The Morgan fingerprint density at radius 3 is 3.00 bits per heavy atom. The lowest BCUT2D eigenvalue weighted by Gasteiger charge is -2.18. The largest absolute Gasteiger partial charge is 0.497 e. The highest BCUT2D eigenvalue weighted by atomic mass is 32.1. The molecule has 0 radical (unpaired) electrons. The third-order valence-corrected chi connectivity index (χ3v) is 4.70. The molecule has 1 aliphatic rings. The van der Waals surface area contributed by atoms with Gasteiger partial charge in [-0.2, -0.15) is 0 Å². The predicted octanol–water partition coefficient (Wildman–Crippen LogP) is 2.36. The Balaban J connectivity index is 1.55. The van der Waals surface area contributed by atoms with Crippen LogP contribution in [0.1, 0.15) is 11.3 Å². The van der Waals surface area contributed by atoms with Crippen molar-refractivity contribution in [2.75, 3.05) is 18.6 Å². The first-order valence-corrected chi connectivity index (χ1v) is 8.55. The van der Waals surface area contributed by atoms with Crippen LogP contribution in [0.25, 0.3) is 0 Å². The molecule has 1 aromatic heterocycles. The molecule has 0 spiro atoms. The molecular weight excluding hydrogens is 326 g/mol. The molecule has 2 N–H and O–H groups in total. The zero-order valence-electron chi connectivity index (χ0n) is 13.3. The zero-order chi connectivity index (χ0) is 16.9. The number of anilines is 1. The number of urea groups is 1. The fourth-order valence-corrected chi connectivity index (χ4v) is 3.29. The van der Waals surface area contributed by atoms with E-state index in [2.05, 4.69) is 10.6 Å². The number of carbonyl (C=O) groups is 2. The maximum absolute atomic E-state index is 12.2. The lowest BCUT2D eigenvalue weighted by molar-refractivity contribution is -0.117. The maximum atomic E-state index is 12.2. The van der Waals surface area contributed by atoms with Gasteiger partial charge in [-0.25, -0.2) is 4.79 Å². The van der Waals surface area contributed by atoms with Gasteiger partial charge in [0.25, 0.3) is 0 Å². The lowest BCUT2D eigenvalue weighted by atomic mass is 10.2. The second-order valence-electron chi connectivity index (χ2n) is 5.51. The zero-order valence-corrected chi connectivity index (χ0v) is 14.1. The van der Waals surface area contributed by atoms with Crippen molar-refractivity contribution in [2.45, 2.75) is 19.0 Å². The van der Waals surface area contributed by atoms with Crippen LogP contribution in [0.5, 0.6) is 5.75 Å². The van der Waals surface area contributed by atoms with E-state index in [0.717, 1.165) is 10.6 Å².